The average Bonchev–Trinajstić information content (AvgIpc) is 2.46. The molecule has 0 radical (unpaired) electrons. The molecular formula is C13H18N2O3. The molecule has 0 amide bonds. The number of hydrogen-bond donors (Lipinski definition) is 1. The van der Waals surface area contributed by atoms with Crippen molar-refractivity contribution in [2.45, 2.75) is 0 Å². The zero-order valence-corrected chi connectivity index (χ0v) is 10.7. The molecule has 2 rings (SSSR count). The Kier molecular flexibility index (Phi) is 4.04. The zero-order chi connectivity index (χ0) is 13.0. The third-order valence-corrected chi connectivity index (χ3v) is 3.06. The van der Waals surface area contributed by atoms with Crippen molar-refractivity contribution in [1.29, 1.82) is 0 Å². The maximum Gasteiger partial charge on any atom is 0.337 e. The Labute approximate surface area is 107 Å². The second-order valence-electron chi connectivity index (χ2n) is 4.12. The van der Waals surface area contributed by atoms with Crippen LogP contribution in [0.25, 0.3) is 0 Å². The van der Waals surface area contributed by atoms with Crippen LogP contribution in [0.1, 0.15) is 10.4 Å². The molecule has 5 nitrogen and oxygen atoms in total. The first kappa shape index (κ1) is 12.7. The topological polar surface area (TPSA) is 50.8 Å². The van der Waals surface area contributed by atoms with Crippen molar-refractivity contribution < 1.29 is 14.3 Å². The van der Waals surface area contributed by atoms with E-state index in [0.29, 0.717) is 5.56 Å². The van der Waals surface area contributed by atoms with Crippen LogP contribution >= 0.6 is 0 Å². The molecule has 1 aromatic rings. The second-order valence-corrected chi connectivity index (χ2v) is 4.12. The van der Waals surface area contributed by atoms with E-state index in [1.54, 1.807) is 13.2 Å². The molecule has 1 aliphatic rings. The molecule has 1 aliphatic heterocycles. The van der Waals surface area contributed by atoms with Crippen molar-refractivity contribution in [3.05, 3.63) is 23.8 Å². The third kappa shape index (κ3) is 2.56. The quantitative estimate of drug-likeness (QED) is 0.807. The molecule has 0 saturated carbocycles. The molecule has 18 heavy (non-hydrogen) atoms. The van der Waals surface area contributed by atoms with E-state index < -0.39 is 0 Å². The van der Waals surface area contributed by atoms with Crippen LogP contribution in [-0.2, 0) is 4.74 Å². The summed E-state index contributed by atoms with van der Waals surface area (Å²) in [6.07, 6.45) is 0. The average molecular weight is 250 g/mol. The molecule has 0 bridgehead atoms. The highest BCUT2D eigenvalue weighted by molar-refractivity contribution is 5.91. The Balaban J connectivity index is 2.32. The highest BCUT2D eigenvalue weighted by Gasteiger charge is 2.17. The van der Waals surface area contributed by atoms with Crippen LogP contribution in [0.5, 0.6) is 5.75 Å². The van der Waals surface area contributed by atoms with Gasteiger partial charge >= 0.3 is 5.97 Å². The van der Waals surface area contributed by atoms with Gasteiger partial charge in [0.1, 0.15) is 5.75 Å². The molecule has 0 spiro atoms. The molecule has 1 N–H and O–H groups in total. The molecule has 0 aliphatic carbocycles. The van der Waals surface area contributed by atoms with E-state index in [2.05, 4.69) is 10.2 Å². The van der Waals surface area contributed by atoms with E-state index in [0.717, 1.165) is 37.6 Å². The van der Waals surface area contributed by atoms with Crippen molar-refractivity contribution in [3.8, 4) is 5.75 Å². The maximum absolute atomic E-state index is 11.6. The summed E-state index contributed by atoms with van der Waals surface area (Å²) >= 11 is 0. The summed E-state index contributed by atoms with van der Waals surface area (Å²) in [6, 6.07) is 5.36. The summed E-state index contributed by atoms with van der Waals surface area (Å²) in [5.74, 6) is 0.457. The van der Waals surface area contributed by atoms with Crippen LogP contribution in [0.3, 0.4) is 0 Å². The predicted molar refractivity (Wildman–Crippen MR) is 69.4 cm³/mol. The number of carbonyl (C=O) groups excluding carboxylic acids is 1. The number of methoxy groups -OCH3 is 2. The fraction of sp³-hybridized carbons (Fsp3) is 0.462. The lowest BCUT2D eigenvalue weighted by molar-refractivity contribution is 0.0600. The predicted octanol–water partition coefficient (Wildman–Crippen LogP) is 0.891. The summed E-state index contributed by atoms with van der Waals surface area (Å²) in [5.41, 5.74) is 1.49. The third-order valence-electron chi connectivity index (χ3n) is 3.06. The van der Waals surface area contributed by atoms with Crippen molar-refractivity contribution >= 4 is 11.7 Å². The minimum absolute atomic E-state index is 0.325. The first-order valence-electron chi connectivity index (χ1n) is 5.98. The summed E-state index contributed by atoms with van der Waals surface area (Å²) < 4.78 is 10.1. The standard InChI is InChI=1S/C13H18N2O3/c1-17-12-4-3-10(13(16)18-2)9-11(12)15-7-5-14-6-8-15/h3-4,9,14H,5-8H2,1-2H3. The van der Waals surface area contributed by atoms with Crippen molar-refractivity contribution in [3.63, 3.8) is 0 Å². The molecule has 5 heteroatoms. The lowest BCUT2D eigenvalue weighted by atomic mass is 10.1. The van der Waals surface area contributed by atoms with Crippen LogP contribution in [0.2, 0.25) is 0 Å². The molecule has 0 atom stereocenters. The van der Waals surface area contributed by atoms with Gasteiger partial charge in [0.25, 0.3) is 0 Å². The summed E-state index contributed by atoms with van der Waals surface area (Å²) in [5, 5.41) is 3.30. The molecule has 0 unspecified atom stereocenters. The Morgan fingerprint density at radius 3 is 2.61 bits per heavy atom. The smallest absolute Gasteiger partial charge is 0.337 e. The van der Waals surface area contributed by atoms with Gasteiger partial charge in [0, 0.05) is 26.2 Å². The highest BCUT2D eigenvalue weighted by atomic mass is 16.5. The first-order valence-corrected chi connectivity index (χ1v) is 5.98. The number of nitrogens with one attached hydrogen (secondary N) is 1. The van der Waals surface area contributed by atoms with Gasteiger partial charge in [-0.05, 0) is 18.2 Å². The molecule has 1 saturated heterocycles. The van der Waals surface area contributed by atoms with E-state index in [-0.39, 0.29) is 5.97 Å². The number of rotatable bonds is 3. The summed E-state index contributed by atoms with van der Waals surface area (Å²) in [4.78, 5) is 13.8. The molecule has 1 fully saturated rings. The van der Waals surface area contributed by atoms with Gasteiger partial charge in [0.05, 0.1) is 25.5 Å². The highest BCUT2D eigenvalue weighted by Crippen LogP contribution is 2.29. The minimum Gasteiger partial charge on any atom is -0.495 e. The van der Waals surface area contributed by atoms with Gasteiger partial charge < -0.3 is 19.7 Å². The van der Waals surface area contributed by atoms with Crippen LogP contribution < -0.4 is 15.0 Å². The number of esters is 1. The number of benzene rings is 1. The van der Waals surface area contributed by atoms with Gasteiger partial charge in [-0.25, -0.2) is 4.79 Å². The van der Waals surface area contributed by atoms with E-state index >= 15 is 0 Å². The number of ether oxygens (including phenoxy) is 2. The largest absolute Gasteiger partial charge is 0.495 e. The van der Waals surface area contributed by atoms with Gasteiger partial charge in [-0.15, -0.1) is 0 Å². The molecule has 1 heterocycles. The Morgan fingerprint density at radius 1 is 1.28 bits per heavy atom. The number of piperazine rings is 1. The minimum atomic E-state index is -0.325. The van der Waals surface area contributed by atoms with E-state index in [1.165, 1.54) is 7.11 Å². The monoisotopic (exact) mass is 250 g/mol. The lowest BCUT2D eigenvalue weighted by Crippen LogP contribution is -2.43. The van der Waals surface area contributed by atoms with Gasteiger partial charge in [0.15, 0.2) is 0 Å². The van der Waals surface area contributed by atoms with Gasteiger partial charge in [-0.3, -0.25) is 0 Å². The molecule has 1 aromatic carbocycles. The number of carbonyl (C=O) groups is 1. The van der Waals surface area contributed by atoms with Gasteiger partial charge in [-0.1, -0.05) is 0 Å². The van der Waals surface area contributed by atoms with E-state index in [9.17, 15) is 4.79 Å². The van der Waals surface area contributed by atoms with Crippen LogP contribution in [0.15, 0.2) is 18.2 Å². The summed E-state index contributed by atoms with van der Waals surface area (Å²) in [7, 11) is 3.02. The van der Waals surface area contributed by atoms with E-state index in [1.807, 2.05) is 12.1 Å². The van der Waals surface area contributed by atoms with Gasteiger partial charge in [0.2, 0.25) is 0 Å². The van der Waals surface area contributed by atoms with Crippen LogP contribution in [0.4, 0.5) is 5.69 Å². The Hall–Kier alpha value is -1.75. The second kappa shape index (κ2) is 5.73. The SMILES string of the molecule is COC(=O)c1ccc(OC)c(N2CCNCC2)c1. The molecule has 0 aromatic heterocycles. The maximum atomic E-state index is 11.6. The first-order chi connectivity index (χ1) is 8.76. The van der Waals surface area contributed by atoms with Crippen LogP contribution in [0, 0.1) is 0 Å². The zero-order valence-electron chi connectivity index (χ0n) is 10.7. The van der Waals surface area contributed by atoms with Crippen molar-refractivity contribution in [2.24, 2.45) is 0 Å². The Bertz CT molecular complexity index is 428. The number of nitrogens with zero attached hydrogens (tertiary/aromatic N) is 1. The van der Waals surface area contributed by atoms with Crippen LogP contribution in [-0.4, -0.2) is 46.4 Å². The lowest BCUT2D eigenvalue weighted by Gasteiger charge is -2.30. The molecular weight excluding hydrogens is 232 g/mol. The fourth-order valence-corrected chi connectivity index (χ4v) is 2.09. The summed E-state index contributed by atoms with van der Waals surface area (Å²) in [6.45, 7) is 3.68. The van der Waals surface area contributed by atoms with E-state index in [4.69, 9.17) is 9.47 Å². The normalized spacial score (nSPS) is 15.3. The fourth-order valence-electron chi connectivity index (χ4n) is 2.09. The van der Waals surface area contributed by atoms with Gasteiger partial charge in [-0.2, -0.15) is 0 Å². The number of anilines is 1. The molecule has 98 valence electrons. The number of hydrogen-bond acceptors (Lipinski definition) is 5. The van der Waals surface area contributed by atoms with Crippen molar-refractivity contribution in [1.82, 2.24) is 5.32 Å². The van der Waals surface area contributed by atoms with Crippen molar-refractivity contribution in [2.75, 3.05) is 45.3 Å². The Morgan fingerprint density at radius 2 is 2.00 bits per heavy atom.